The fraction of sp³-hybridized carbons (Fsp3) is 0.211. The number of carbonyl (C=O) groups is 1. The number of amides is 1. The van der Waals surface area contributed by atoms with Gasteiger partial charge < -0.3 is 15.2 Å². The molecule has 8 heteroatoms. The molecule has 142 valence electrons. The molecule has 1 heterocycles. The summed E-state index contributed by atoms with van der Waals surface area (Å²) in [6.07, 6.45) is -4.40. The zero-order valence-corrected chi connectivity index (χ0v) is 15.0. The number of halogens is 3. The van der Waals surface area contributed by atoms with Crippen LogP contribution < -0.4 is 10.1 Å². The molecule has 1 unspecified atom stereocenters. The molecule has 0 bridgehead atoms. The van der Waals surface area contributed by atoms with E-state index in [1.165, 1.54) is 23.5 Å². The van der Waals surface area contributed by atoms with Crippen LogP contribution in [0.5, 0.6) is 11.5 Å². The van der Waals surface area contributed by atoms with Crippen molar-refractivity contribution >= 4 is 27.3 Å². The predicted molar refractivity (Wildman–Crippen MR) is 97.4 cm³/mol. The summed E-state index contributed by atoms with van der Waals surface area (Å²) in [5.74, 6) is 0.411. The summed E-state index contributed by atoms with van der Waals surface area (Å²) in [7, 11) is 0. The van der Waals surface area contributed by atoms with Gasteiger partial charge in [0.2, 0.25) is 0 Å². The molecule has 2 aromatic carbocycles. The molecule has 1 amide bonds. The van der Waals surface area contributed by atoms with Crippen LogP contribution in [0, 0.1) is 0 Å². The predicted octanol–water partition coefficient (Wildman–Crippen LogP) is 4.82. The van der Waals surface area contributed by atoms with Crippen molar-refractivity contribution in [3.63, 3.8) is 0 Å². The zero-order chi connectivity index (χ0) is 19.6. The highest BCUT2D eigenvalue weighted by Crippen LogP contribution is 2.37. The number of benzene rings is 2. The second-order valence-electron chi connectivity index (χ2n) is 5.97. The number of nitrogens with one attached hydrogen (secondary N) is 1. The first-order valence-corrected chi connectivity index (χ1v) is 8.89. The molecule has 1 aromatic heterocycles. The van der Waals surface area contributed by atoms with Crippen LogP contribution in [0.3, 0.4) is 0 Å². The third kappa shape index (κ3) is 4.40. The minimum atomic E-state index is -4.40. The van der Waals surface area contributed by atoms with Crippen molar-refractivity contribution in [3.05, 3.63) is 59.0 Å². The van der Waals surface area contributed by atoms with E-state index in [9.17, 15) is 18.0 Å². The van der Waals surface area contributed by atoms with E-state index in [0.717, 1.165) is 17.5 Å². The minimum absolute atomic E-state index is 0.168. The lowest BCUT2D eigenvalue weighted by Gasteiger charge is -2.09. The van der Waals surface area contributed by atoms with Crippen molar-refractivity contribution in [1.82, 2.24) is 5.32 Å². The van der Waals surface area contributed by atoms with Crippen molar-refractivity contribution in [3.8, 4) is 11.5 Å². The van der Waals surface area contributed by atoms with Crippen molar-refractivity contribution in [2.45, 2.75) is 19.1 Å². The molecule has 2 N–H and O–H groups in total. The molecular formula is C19H16F3NO3S. The van der Waals surface area contributed by atoms with Gasteiger partial charge in [0, 0.05) is 6.04 Å². The summed E-state index contributed by atoms with van der Waals surface area (Å²) in [5, 5.41) is 12.5. The van der Waals surface area contributed by atoms with Gasteiger partial charge >= 0.3 is 6.18 Å². The van der Waals surface area contributed by atoms with Crippen LogP contribution in [-0.2, 0) is 6.18 Å². The van der Waals surface area contributed by atoms with E-state index in [1.54, 1.807) is 25.1 Å². The van der Waals surface area contributed by atoms with Crippen LogP contribution in [0.2, 0.25) is 0 Å². The topological polar surface area (TPSA) is 58.6 Å². The lowest BCUT2D eigenvalue weighted by atomic mass is 10.2. The first-order chi connectivity index (χ1) is 12.8. The largest absolute Gasteiger partial charge is 0.456 e. The summed E-state index contributed by atoms with van der Waals surface area (Å²) in [6, 6.07) is 11.0. The van der Waals surface area contributed by atoms with Gasteiger partial charge in [-0.15, -0.1) is 11.3 Å². The molecule has 1 atom stereocenters. The maximum atomic E-state index is 12.7. The van der Waals surface area contributed by atoms with Crippen LogP contribution in [0.15, 0.2) is 48.5 Å². The number of hydrogen-bond donors (Lipinski definition) is 2. The highest BCUT2D eigenvalue weighted by molar-refractivity contribution is 7.21. The van der Waals surface area contributed by atoms with Gasteiger partial charge in [0.25, 0.3) is 5.91 Å². The summed E-state index contributed by atoms with van der Waals surface area (Å²) in [6.45, 7) is 1.52. The molecule has 0 spiro atoms. The smallest absolute Gasteiger partial charge is 0.416 e. The molecule has 0 saturated carbocycles. The van der Waals surface area contributed by atoms with Gasteiger partial charge in [-0.2, -0.15) is 13.2 Å². The molecule has 27 heavy (non-hydrogen) atoms. The number of thiophene rings is 1. The monoisotopic (exact) mass is 395 g/mol. The number of hydrogen-bond acceptors (Lipinski definition) is 4. The van der Waals surface area contributed by atoms with Gasteiger partial charge in [-0.1, -0.05) is 12.1 Å². The molecule has 0 radical (unpaired) electrons. The van der Waals surface area contributed by atoms with Gasteiger partial charge in [-0.3, -0.25) is 4.79 Å². The normalized spacial score (nSPS) is 12.8. The van der Waals surface area contributed by atoms with Crippen LogP contribution in [0.25, 0.3) is 10.1 Å². The third-order valence-electron chi connectivity index (χ3n) is 3.79. The highest BCUT2D eigenvalue weighted by atomic mass is 32.1. The van der Waals surface area contributed by atoms with Crippen molar-refractivity contribution < 1.29 is 27.8 Å². The lowest BCUT2D eigenvalue weighted by Crippen LogP contribution is -2.34. The molecule has 0 fully saturated rings. The molecular weight excluding hydrogens is 379 g/mol. The SMILES string of the molecule is CC(CO)NC(=O)c1cc2cccc(Oc3ccc(C(F)(F)F)cc3)c2s1. The van der Waals surface area contributed by atoms with Crippen LogP contribution in [0.4, 0.5) is 13.2 Å². The number of ether oxygens (including phenoxy) is 1. The number of aliphatic hydroxyl groups is 1. The second-order valence-corrected chi connectivity index (χ2v) is 7.02. The van der Waals surface area contributed by atoms with Crippen molar-refractivity contribution in [2.24, 2.45) is 0 Å². The first-order valence-electron chi connectivity index (χ1n) is 8.07. The fourth-order valence-corrected chi connectivity index (χ4v) is 3.42. The maximum absolute atomic E-state index is 12.7. The van der Waals surface area contributed by atoms with Gasteiger partial charge in [0.1, 0.15) is 11.5 Å². The molecule has 0 saturated heterocycles. The van der Waals surface area contributed by atoms with Gasteiger partial charge in [0.05, 0.1) is 21.7 Å². The van der Waals surface area contributed by atoms with E-state index >= 15 is 0 Å². The zero-order valence-electron chi connectivity index (χ0n) is 14.2. The number of alkyl halides is 3. The lowest BCUT2D eigenvalue weighted by molar-refractivity contribution is -0.137. The first kappa shape index (κ1) is 19.2. The Kier molecular flexibility index (Phi) is 5.38. The second kappa shape index (κ2) is 7.58. The maximum Gasteiger partial charge on any atom is 0.416 e. The summed E-state index contributed by atoms with van der Waals surface area (Å²) in [5.41, 5.74) is -0.749. The Morgan fingerprint density at radius 1 is 1.22 bits per heavy atom. The van der Waals surface area contributed by atoms with Crippen LogP contribution in [-0.4, -0.2) is 23.7 Å². The van der Waals surface area contributed by atoms with Crippen molar-refractivity contribution in [2.75, 3.05) is 6.61 Å². The fourth-order valence-electron chi connectivity index (χ4n) is 2.41. The number of rotatable bonds is 5. The van der Waals surface area contributed by atoms with E-state index in [2.05, 4.69) is 5.32 Å². The Labute approximate surface area is 157 Å². The van der Waals surface area contributed by atoms with Gasteiger partial charge in [0.15, 0.2) is 0 Å². The van der Waals surface area contributed by atoms with E-state index in [4.69, 9.17) is 9.84 Å². The van der Waals surface area contributed by atoms with E-state index in [0.29, 0.717) is 15.3 Å². The van der Waals surface area contributed by atoms with Crippen LogP contribution in [0.1, 0.15) is 22.2 Å². The minimum Gasteiger partial charge on any atom is -0.456 e. The quantitative estimate of drug-likeness (QED) is 0.651. The highest BCUT2D eigenvalue weighted by Gasteiger charge is 2.30. The molecule has 0 aliphatic rings. The summed E-state index contributed by atoms with van der Waals surface area (Å²) >= 11 is 1.21. The van der Waals surface area contributed by atoms with E-state index in [1.807, 2.05) is 6.07 Å². The average Bonchev–Trinajstić information content (AvgIpc) is 3.07. The Morgan fingerprint density at radius 3 is 2.56 bits per heavy atom. The van der Waals surface area contributed by atoms with Gasteiger partial charge in [-0.05, 0) is 48.7 Å². The summed E-state index contributed by atoms with van der Waals surface area (Å²) in [4.78, 5) is 12.7. The molecule has 3 rings (SSSR count). The molecule has 4 nitrogen and oxygen atoms in total. The number of aliphatic hydroxyl groups excluding tert-OH is 1. The Bertz CT molecular complexity index is 951. The Hall–Kier alpha value is -2.58. The molecule has 3 aromatic rings. The number of carbonyl (C=O) groups excluding carboxylic acids is 1. The van der Waals surface area contributed by atoms with E-state index in [-0.39, 0.29) is 24.3 Å². The summed E-state index contributed by atoms with van der Waals surface area (Å²) < 4.78 is 44.4. The van der Waals surface area contributed by atoms with Crippen molar-refractivity contribution in [1.29, 1.82) is 0 Å². The molecule has 0 aliphatic carbocycles. The molecule has 0 aliphatic heterocycles. The standard InChI is InChI=1S/C19H16F3NO3S/c1-11(10-24)23-18(25)16-9-12-3-2-4-15(17(12)27-16)26-14-7-5-13(6-8-14)19(20,21)22/h2-9,11,24H,10H2,1H3,(H,23,25). The van der Waals surface area contributed by atoms with Gasteiger partial charge in [-0.25, -0.2) is 0 Å². The van der Waals surface area contributed by atoms with E-state index < -0.39 is 11.7 Å². The Balaban J connectivity index is 1.86. The van der Waals surface area contributed by atoms with Crippen LogP contribution >= 0.6 is 11.3 Å². The Morgan fingerprint density at radius 2 is 1.93 bits per heavy atom. The average molecular weight is 395 g/mol. The number of fused-ring (bicyclic) bond motifs is 1. The third-order valence-corrected chi connectivity index (χ3v) is 4.96.